The molecule has 0 unspecified atom stereocenters. The van der Waals surface area contributed by atoms with Gasteiger partial charge in [0.2, 0.25) is 5.91 Å². The van der Waals surface area contributed by atoms with Crippen molar-refractivity contribution < 1.29 is 18.3 Å². The van der Waals surface area contributed by atoms with E-state index in [4.69, 9.17) is 9.72 Å². The Morgan fingerprint density at radius 1 is 1.30 bits per heavy atom. The number of hydrogen-bond acceptors (Lipinski definition) is 5. The minimum absolute atomic E-state index is 0.0456. The van der Waals surface area contributed by atoms with Crippen molar-refractivity contribution in [2.45, 2.75) is 45.1 Å². The molecule has 1 amide bonds. The maximum atomic E-state index is 14.7. The van der Waals surface area contributed by atoms with Crippen LogP contribution in [0.2, 0.25) is 0 Å². The van der Waals surface area contributed by atoms with Crippen LogP contribution < -0.4 is 4.90 Å². The topological polar surface area (TPSA) is 69.5 Å². The number of anilines is 1. The monoisotopic (exact) mass is 454 g/mol. The number of methoxy groups -OCH3 is 1. The zero-order valence-corrected chi connectivity index (χ0v) is 19.2. The highest BCUT2D eigenvalue weighted by molar-refractivity contribution is 5.79. The molecule has 1 aromatic heterocycles. The molecule has 1 aliphatic heterocycles. The summed E-state index contributed by atoms with van der Waals surface area (Å²) in [5.41, 5.74) is 2.37. The van der Waals surface area contributed by atoms with E-state index in [2.05, 4.69) is 6.07 Å². The van der Waals surface area contributed by atoms with Crippen molar-refractivity contribution in [3.63, 3.8) is 0 Å². The number of hydrogen-bond donors (Lipinski definition) is 0. The van der Waals surface area contributed by atoms with E-state index in [9.17, 15) is 18.8 Å². The third-order valence-electron chi connectivity index (χ3n) is 6.52. The number of carbonyl (C=O) groups excluding carboxylic acids is 1. The number of amides is 1. The molecule has 2 heterocycles. The van der Waals surface area contributed by atoms with Gasteiger partial charge >= 0.3 is 0 Å². The summed E-state index contributed by atoms with van der Waals surface area (Å²) in [6.07, 6.45) is 2.20. The zero-order valence-electron chi connectivity index (χ0n) is 19.2. The first-order valence-electron chi connectivity index (χ1n) is 11.3. The maximum Gasteiger partial charge on any atom is 0.225 e. The lowest BCUT2D eigenvalue weighted by Gasteiger charge is -2.41. The number of benzene rings is 1. The van der Waals surface area contributed by atoms with Gasteiger partial charge in [0.1, 0.15) is 11.9 Å². The Hall–Kier alpha value is -3.05. The van der Waals surface area contributed by atoms with Crippen LogP contribution in [0.25, 0.3) is 11.1 Å². The second-order valence-corrected chi connectivity index (χ2v) is 8.81. The first-order chi connectivity index (χ1) is 15.9. The van der Waals surface area contributed by atoms with Crippen LogP contribution in [-0.2, 0) is 9.53 Å². The molecule has 0 spiro atoms. The van der Waals surface area contributed by atoms with Gasteiger partial charge in [-0.2, -0.15) is 5.26 Å². The number of nitriles is 1. The standard InChI is InChI=1S/C25H28F2N4O2/c1-15-14-30(10-11-31(15)21(32)9-12-33-3)25-19(13-28)16(2)22(24(29-25)17-7-8-17)18-5-4-6-20(26)23(18)27/h4-6,15,17H,7-12,14H2,1-3H3/t15-/m1/s1. The van der Waals surface area contributed by atoms with E-state index in [-0.39, 0.29) is 23.4 Å². The number of carbonyl (C=O) groups is 1. The van der Waals surface area contributed by atoms with Crippen LogP contribution in [-0.4, -0.2) is 55.2 Å². The predicted octanol–water partition coefficient (Wildman–Crippen LogP) is 4.16. The minimum atomic E-state index is -0.919. The molecule has 1 aliphatic carbocycles. The van der Waals surface area contributed by atoms with Crippen LogP contribution in [0.15, 0.2) is 18.2 Å². The minimum Gasteiger partial charge on any atom is -0.384 e. The van der Waals surface area contributed by atoms with Gasteiger partial charge in [0.15, 0.2) is 11.6 Å². The summed E-state index contributed by atoms with van der Waals surface area (Å²) in [6, 6.07) is 6.31. The fourth-order valence-corrected chi connectivity index (χ4v) is 4.62. The highest BCUT2D eigenvalue weighted by Crippen LogP contribution is 2.47. The number of nitrogens with zero attached hydrogens (tertiary/aromatic N) is 4. The van der Waals surface area contributed by atoms with Crippen molar-refractivity contribution in [2.24, 2.45) is 0 Å². The summed E-state index contributed by atoms with van der Waals surface area (Å²) in [7, 11) is 1.57. The van der Waals surface area contributed by atoms with Crippen molar-refractivity contribution in [3.05, 3.63) is 46.7 Å². The molecule has 2 fully saturated rings. The Morgan fingerprint density at radius 3 is 2.70 bits per heavy atom. The quantitative estimate of drug-likeness (QED) is 0.656. The van der Waals surface area contributed by atoms with Crippen LogP contribution >= 0.6 is 0 Å². The second kappa shape index (κ2) is 9.44. The number of aromatic nitrogens is 1. The van der Waals surface area contributed by atoms with E-state index in [0.717, 1.165) is 24.6 Å². The van der Waals surface area contributed by atoms with E-state index >= 15 is 0 Å². The lowest BCUT2D eigenvalue weighted by molar-refractivity contribution is -0.134. The lowest BCUT2D eigenvalue weighted by Crippen LogP contribution is -2.54. The van der Waals surface area contributed by atoms with Crippen molar-refractivity contribution in [2.75, 3.05) is 38.3 Å². The molecule has 1 atom stereocenters. The molecule has 33 heavy (non-hydrogen) atoms. The van der Waals surface area contributed by atoms with Crippen LogP contribution in [0, 0.1) is 29.9 Å². The third kappa shape index (κ3) is 4.42. The second-order valence-electron chi connectivity index (χ2n) is 8.81. The highest BCUT2D eigenvalue weighted by Gasteiger charge is 2.35. The normalized spacial score (nSPS) is 18.4. The Morgan fingerprint density at radius 2 is 2.06 bits per heavy atom. The Kier molecular flexibility index (Phi) is 6.61. The average molecular weight is 455 g/mol. The van der Waals surface area contributed by atoms with Gasteiger partial charge in [-0.05, 0) is 38.3 Å². The third-order valence-corrected chi connectivity index (χ3v) is 6.52. The zero-order chi connectivity index (χ0) is 23.7. The Bertz CT molecular complexity index is 1110. The van der Waals surface area contributed by atoms with Gasteiger partial charge in [0, 0.05) is 49.8 Å². The number of piperazine rings is 1. The van der Waals surface area contributed by atoms with Crippen molar-refractivity contribution in [1.29, 1.82) is 5.26 Å². The van der Waals surface area contributed by atoms with Gasteiger partial charge in [-0.15, -0.1) is 0 Å². The fourth-order valence-electron chi connectivity index (χ4n) is 4.62. The molecular formula is C25H28F2N4O2. The number of rotatable bonds is 6. The average Bonchev–Trinajstić information content (AvgIpc) is 3.64. The molecule has 1 aromatic carbocycles. The van der Waals surface area contributed by atoms with Crippen molar-refractivity contribution >= 4 is 11.7 Å². The first-order valence-corrected chi connectivity index (χ1v) is 11.3. The van der Waals surface area contributed by atoms with E-state index in [1.54, 1.807) is 20.1 Å². The molecule has 1 saturated heterocycles. The van der Waals surface area contributed by atoms with Gasteiger partial charge in [0.25, 0.3) is 0 Å². The van der Waals surface area contributed by atoms with Gasteiger partial charge in [0.05, 0.1) is 24.3 Å². The van der Waals surface area contributed by atoms with Crippen molar-refractivity contribution in [1.82, 2.24) is 9.88 Å². The molecule has 2 aromatic rings. The molecule has 6 nitrogen and oxygen atoms in total. The van der Waals surface area contributed by atoms with E-state index in [0.29, 0.717) is 55.2 Å². The lowest BCUT2D eigenvalue weighted by atomic mass is 9.93. The fraction of sp³-hybridized carbons (Fsp3) is 0.480. The molecule has 1 saturated carbocycles. The van der Waals surface area contributed by atoms with Crippen LogP contribution in [0.3, 0.4) is 0 Å². The molecule has 174 valence electrons. The summed E-state index contributed by atoms with van der Waals surface area (Å²) >= 11 is 0. The van der Waals surface area contributed by atoms with Crippen molar-refractivity contribution in [3.8, 4) is 17.2 Å². The smallest absolute Gasteiger partial charge is 0.225 e. The Balaban J connectivity index is 1.72. The molecule has 2 aliphatic rings. The summed E-state index contributed by atoms with van der Waals surface area (Å²) in [5.74, 6) is -1.06. The van der Waals surface area contributed by atoms with Gasteiger partial charge in [-0.3, -0.25) is 4.79 Å². The van der Waals surface area contributed by atoms with E-state index < -0.39 is 11.6 Å². The maximum absolute atomic E-state index is 14.7. The van der Waals surface area contributed by atoms with Crippen LogP contribution in [0.1, 0.15) is 48.9 Å². The number of pyridine rings is 1. The van der Waals surface area contributed by atoms with Gasteiger partial charge in [-0.1, -0.05) is 12.1 Å². The first kappa shape index (κ1) is 23.1. The van der Waals surface area contributed by atoms with E-state index in [1.807, 2.05) is 16.7 Å². The van der Waals surface area contributed by atoms with E-state index in [1.165, 1.54) is 6.07 Å². The number of ether oxygens (including phenoxy) is 1. The van der Waals surface area contributed by atoms with Gasteiger partial charge in [-0.25, -0.2) is 13.8 Å². The molecule has 0 bridgehead atoms. The summed E-state index contributed by atoms with van der Waals surface area (Å²) in [4.78, 5) is 21.3. The molecule has 0 radical (unpaired) electrons. The summed E-state index contributed by atoms with van der Waals surface area (Å²) in [5, 5.41) is 10.0. The van der Waals surface area contributed by atoms with Crippen LogP contribution in [0.5, 0.6) is 0 Å². The SMILES string of the molecule is COCCC(=O)N1CCN(c2nc(C3CC3)c(-c3cccc(F)c3F)c(C)c2C#N)C[C@H]1C. The Labute approximate surface area is 192 Å². The molecule has 8 heteroatoms. The summed E-state index contributed by atoms with van der Waals surface area (Å²) < 4.78 is 33.8. The number of halogens is 2. The summed E-state index contributed by atoms with van der Waals surface area (Å²) in [6.45, 7) is 5.75. The predicted molar refractivity (Wildman–Crippen MR) is 121 cm³/mol. The largest absolute Gasteiger partial charge is 0.384 e. The molecule has 0 N–H and O–H groups in total. The van der Waals surface area contributed by atoms with Gasteiger partial charge < -0.3 is 14.5 Å². The molecular weight excluding hydrogens is 426 g/mol. The molecule has 4 rings (SSSR count). The van der Waals surface area contributed by atoms with Crippen LogP contribution in [0.4, 0.5) is 14.6 Å². The highest BCUT2D eigenvalue weighted by atomic mass is 19.2.